The van der Waals surface area contributed by atoms with Crippen LogP contribution in [-0.2, 0) is 4.74 Å². The van der Waals surface area contributed by atoms with Crippen molar-refractivity contribution in [1.29, 1.82) is 0 Å². The predicted molar refractivity (Wildman–Crippen MR) is 64.9 cm³/mol. The summed E-state index contributed by atoms with van der Waals surface area (Å²) in [5, 5.41) is 3.66. The van der Waals surface area contributed by atoms with Crippen LogP contribution in [0.15, 0.2) is 0 Å². The molecule has 0 aromatic heterocycles. The fraction of sp³-hybridized carbons (Fsp3) is 1.00. The van der Waals surface area contributed by atoms with Crippen molar-refractivity contribution >= 4 is 0 Å². The van der Waals surface area contributed by atoms with Gasteiger partial charge in [-0.1, -0.05) is 20.3 Å². The maximum absolute atomic E-state index is 5.77. The van der Waals surface area contributed by atoms with Gasteiger partial charge in [-0.2, -0.15) is 0 Å². The van der Waals surface area contributed by atoms with E-state index in [1.165, 1.54) is 19.3 Å². The van der Waals surface area contributed by atoms with Crippen LogP contribution in [0.5, 0.6) is 0 Å². The lowest BCUT2D eigenvalue weighted by molar-refractivity contribution is -0.0104. The van der Waals surface area contributed by atoms with Crippen LogP contribution < -0.4 is 5.32 Å². The third kappa shape index (κ3) is 2.36. The van der Waals surface area contributed by atoms with Gasteiger partial charge in [-0.15, -0.1) is 0 Å². The molecule has 0 saturated heterocycles. The van der Waals surface area contributed by atoms with Gasteiger partial charge in [0.15, 0.2) is 0 Å². The zero-order chi connectivity index (χ0) is 11.7. The molecule has 0 aromatic carbocycles. The highest BCUT2D eigenvalue weighted by atomic mass is 16.5. The molecule has 1 N–H and O–H groups in total. The summed E-state index contributed by atoms with van der Waals surface area (Å²) in [4.78, 5) is 0. The highest BCUT2D eigenvalue weighted by Gasteiger charge is 2.67. The predicted octanol–water partition coefficient (Wildman–Crippen LogP) is 3.32. The van der Waals surface area contributed by atoms with Gasteiger partial charge in [0, 0.05) is 24.5 Å². The van der Waals surface area contributed by atoms with E-state index in [-0.39, 0.29) is 11.3 Å². The average Bonchev–Trinajstić information content (AvgIpc) is 2.72. The fourth-order valence-electron chi connectivity index (χ4n) is 2.91. The zero-order valence-electron chi connectivity index (χ0n) is 11.2. The minimum Gasteiger partial charge on any atom is -0.363 e. The van der Waals surface area contributed by atoms with E-state index in [2.05, 4.69) is 39.9 Å². The third-order valence-corrected chi connectivity index (χ3v) is 3.65. The Hall–Kier alpha value is -0.0800. The standard InChI is InChI=1S/C13H27NO/c1-7-9-12(8-2)10-13(12,15-6)14-11(3,4)5/h14H,7-10H2,1-6H3. The molecule has 0 heterocycles. The van der Waals surface area contributed by atoms with Crippen LogP contribution in [0.4, 0.5) is 0 Å². The van der Waals surface area contributed by atoms with Gasteiger partial charge < -0.3 is 4.74 Å². The molecule has 0 aromatic rings. The summed E-state index contributed by atoms with van der Waals surface area (Å²) in [5.74, 6) is 0. The molecule has 2 nitrogen and oxygen atoms in total. The lowest BCUT2D eigenvalue weighted by atomic mass is 9.94. The van der Waals surface area contributed by atoms with Crippen LogP contribution in [0.1, 0.15) is 60.3 Å². The molecule has 2 unspecified atom stereocenters. The first-order valence-electron chi connectivity index (χ1n) is 6.19. The van der Waals surface area contributed by atoms with Crippen molar-refractivity contribution in [3.05, 3.63) is 0 Å². The lowest BCUT2D eigenvalue weighted by Gasteiger charge is -2.32. The Kier molecular flexibility index (Phi) is 3.52. The Balaban J connectivity index is 2.74. The molecule has 1 saturated carbocycles. The van der Waals surface area contributed by atoms with E-state index in [0.29, 0.717) is 5.41 Å². The molecule has 15 heavy (non-hydrogen) atoms. The van der Waals surface area contributed by atoms with Gasteiger partial charge in [0.05, 0.1) is 0 Å². The summed E-state index contributed by atoms with van der Waals surface area (Å²) in [6.07, 6.45) is 4.88. The van der Waals surface area contributed by atoms with Gasteiger partial charge >= 0.3 is 0 Å². The molecule has 1 aliphatic carbocycles. The van der Waals surface area contributed by atoms with Crippen LogP contribution >= 0.6 is 0 Å². The van der Waals surface area contributed by atoms with Gasteiger partial charge in [-0.05, 0) is 33.6 Å². The van der Waals surface area contributed by atoms with Crippen molar-refractivity contribution in [2.75, 3.05) is 7.11 Å². The van der Waals surface area contributed by atoms with E-state index in [1.807, 2.05) is 7.11 Å². The second kappa shape index (κ2) is 4.06. The van der Waals surface area contributed by atoms with E-state index in [1.54, 1.807) is 0 Å². The highest BCUT2D eigenvalue weighted by Crippen LogP contribution is 2.62. The molecular formula is C13H27NO. The van der Waals surface area contributed by atoms with Crippen molar-refractivity contribution in [3.8, 4) is 0 Å². The molecule has 1 rings (SSSR count). The Bertz CT molecular complexity index is 221. The van der Waals surface area contributed by atoms with Crippen LogP contribution in [0, 0.1) is 5.41 Å². The largest absolute Gasteiger partial charge is 0.363 e. The van der Waals surface area contributed by atoms with E-state index in [4.69, 9.17) is 4.74 Å². The van der Waals surface area contributed by atoms with Crippen LogP contribution in [0.3, 0.4) is 0 Å². The van der Waals surface area contributed by atoms with Gasteiger partial charge in [0.25, 0.3) is 0 Å². The summed E-state index contributed by atoms with van der Waals surface area (Å²) in [5.41, 5.74) is 0.445. The zero-order valence-corrected chi connectivity index (χ0v) is 11.2. The fourth-order valence-corrected chi connectivity index (χ4v) is 2.91. The number of nitrogens with one attached hydrogen (secondary N) is 1. The molecule has 0 bridgehead atoms. The van der Waals surface area contributed by atoms with E-state index in [9.17, 15) is 0 Å². The lowest BCUT2D eigenvalue weighted by Crippen LogP contribution is -2.49. The van der Waals surface area contributed by atoms with Crippen LogP contribution in [-0.4, -0.2) is 18.4 Å². The second-order valence-electron chi connectivity index (χ2n) is 5.97. The first-order valence-corrected chi connectivity index (χ1v) is 6.19. The summed E-state index contributed by atoms with van der Waals surface area (Å²) >= 11 is 0. The van der Waals surface area contributed by atoms with Crippen molar-refractivity contribution in [2.24, 2.45) is 5.41 Å². The molecule has 2 atom stereocenters. The molecule has 0 aliphatic heterocycles. The Morgan fingerprint density at radius 3 is 2.20 bits per heavy atom. The van der Waals surface area contributed by atoms with Crippen molar-refractivity contribution < 1.29 is 4.74 Å². The Morgan fingerprint density at radius 2 is 1.87 bits per heavy atom. The van der Waals surface area contributed by atoms with Crippen molar-refractivity contribution in [3.63, 3.8) is 0 Å². The number of rotatable bonds is 5. The molecule has 2 heteroatoms. The van der Waals surface area contributed by atoms with Crippen LogP contribution in [0.2, 0.25) is 0 Å². The quantitative estimate of drug-likeness (QED) is 0.707. The molecule has 90 valence electrons. The highest BCUT2D eigenvalue weighted by molar-refractivity contribution is 5.16. The third-order valence-electron chi connectivity index (χ3n) is 3.65. The minimum absolute atomic E-state index is 0.0595. The maximum atomic E-state index is 5.77. The smallest absolute Gasteiger partial charge is 0.125 e. The van der Waals surface area contributed by atoms with Gasteiger partial charge in [-0.25, -0.2) is 0 Å². The molecule has 1 fully saturated rings. The number of ether oxygens (including phenoxy) is 1. The Morgan fingerprint density at radius 1 is 1.27 bits per heavy atom. The summed E-state index contributed by atoms with van der Waals surface area (Å²) in [7, 11) is 1.84. The number of methoxy groups -OCH3 is 1. The summed E-state index contributed by atoms with van der Waals surface area (Å²) in [6.45, 7) is 11.2. The van der Waals surface area contributed by atoms with Gasteiger partial charge in [0.2, 0.25) is 0 Å². The average molecular weight is 213 g/mol. The molecule has 1 aliphatic rings. The first-order chi connectivity index (χ1) is 6.85. The molecular weight excluding hydrogens is 186 g/mol. The normalized spacial score (nSPS) is 35.6. The van der Waals surface area contributed by atoms with Crippen LogP contribution in [0.25, 0.3) is 0 Å². The van der Waals surface area contributed by atoms with E-state index < -0.39 is 0 Å². The van der Waals surface area contributed by atoms with E-state index in [0.717, 1.165) is 6.42 Å². The summed E-state index contributed by atoms with van der Waals surface area (Å²) < 4.78 is 5.77. The second-order valence-corrected chi connectivity index (χ2v) is 5.97. The topological polar surface area (TPSA) is 21.3 Å². The molecule has 0 amide bonds. The van der Waals surface area contributed by atoms with Gasteiger partial charge in [0.1, 0.15) is 5.72 Å². The number of hydrogen-bond acceptors (Lipinski definition) is 2. The first kappa shape index (κ1) is 13.0. The molecule has 0 radical (unpaired) electrons. The van der Waals surface area contributed by atoms with E-state index >= 15 is 0 Å². The SMILES string of the molecule is CCCC1(CC)CC1(NC(C)(C)C)OC. The molecule has 0 spiro atoms. The monoisotopic (exact) mass is 213 g/mol. The summed E-state index contributed by atoms with van der Waals surface area (Å²) in [6, 6.07) is 0. The Labute approximate surface area is 94.8 Å². The maximum Gasteiger partial charge on any atom is 0.125 e. The van der Waals surface area contributed by atoms with Crippen molar-refractivity contribution in [1.82, 2.24) is 5.32 Å². The minimum atomic E-state index is -0.0595. The number of hydrogen-bond donors (Lipinski definition) is 1. The van der Waals surface area contributed by atoms with Crippen molar-refractivity contribution in [2.45, 2.75) is 71.6 Å². The van der Waals surface area contributed by atoms with Gasteiger partial charge in [-0.3, -0.25) is 5.32 Å².